The maximum Gasteiger partial charge on any atom is 0.253 e. The zero-order valence-electron chi connectivity index (χ0n) is 12.9. The largest absolute Gasteiger partial charge is 0.397 e. The molecular formula is C15H23N3O2S. The highest BCUT2D eigenvalue weighted by atomic mass is 32.1. The lowest BCUT2D eigenvalue weighted by Crippen LogP contribution is -2.33. The molecule has 0 aliphatic heterocycles. The molecule has 1 aromatic heterocycles. The van der Waals surface area contributed by atoms with Crippen molar-refractivity contribution in [2.24, 2.45) is 17.6 Å². The average Bonchev–Trinajstić information content (AvgIpc) is 3.14. The molecule has 5 N–H and O–H groups in total. The zero-order valence-corrected chi connectivity index (χ0v) is 13.8. The Hall–Kier alpha value is -1.56. The minimum atomic E-state index is -0.597. The molecule has 116 valence electrons. The van der Waals surface area contributed by atoms with Crippen LogP contribution in [-0.2, 0) is 0 Å². The summed E-state index contributed by atoms with van der Waals surface area (Å²) in [6.45, 7) is 7.81. The van der Waals surface area contributed by atoms with Gasteiger partial charge in [0.15, 0.2) is 5.78 Å². The lowest BCUT2D eigenvalue weighted by Gasteiger charge is -2.27. The van der Waals surface area contributed by atoms with E-state index in [1.807, 2.05) is 13.8 Å². The second-order valence-corrected chi connectivity index (χ2v) is 7.57. The third kappa shape index (κ3) is 3.05. The number of nitrogens with one attached hydrogen (secondary N) is 1. The molecular weight excluding hydrogens is 286 g/mol. The van der Waals surface area contributed by atoms with Gasteiger partial charge in [0.25, 0.3) is 5.91 Å². The molecule has 1 aliphatic carbocycles. The van der Waals surface area contributed by atoms with Gasteiger partial charge in [-0.05, 0) is 32.6 Å². The molecule has 0 aromatic carbocycles. The molecule has 0 bridgehead atoms. The predicted octanol–water partition coefficient (Wildman–Crippen LogP) is 2.87. The summed E-state index contributed by atoms with van der Waals surface area (Å²) in [5.74, 6) is -0.250. The number of carbonyl (C=O) groups is 2. The Bertz CT molecular complexity index is 586. The summed E-state index contributed by atoms with van der Waals surface area (Å²) in [4.78, 5) is 24.4. The van der Waals surface area contributed by atoms with Gasteiger partial charge in [0.2, 0.25) is 0 Å². The van der Waals surface area contributed by atoms with Crippen LogP contribution in [0.25, 0.3) is 0 Å². The van der Waals surface area contributed by atoms with E-state index in [-0.39, 0.29) is 28.5 Å². The van der Waals surface area contributed by atoms with Gasteiger partial charge >= 0.3 is 0 Å². The monoisotopic (exact) mass is 309 g/mol. The molecule has 6 heteroatoms. The molecule has 5 nitrogen and oxygen atoms in total. The van der Waals surface area contributed by atoms with E-state index in [9.17, 15) is 9.59 Å². The minimum Gasteiger partial charge on any atom is -0.397 e. The van der Waals surface area contributed by atoms with Gasteiger partial charge in [0.1, 0.15) is 5.00 Å². The number of hydrogen-bond donors (Lipinski definition) is 3. The Kier molecular flexibility index (Phi) is 4.02. The Balaban J connectivity index is 2.42. The normalized spacial score (nSPS) is 15.3. The third-order valence-electron chi connectivity index (χ3n) is 3.97. The molecule has 1 aliphatic rings. The number of carbonyl (C=O) groups excluding carboxylic acids is 2. The van der Waals surface area contributed by atoms with Crippen LogP contribution in [0.15, 0.2) is 0 Å². The van der Waals surface area contributed by atoms with Crippen LogP contribution in [0.1, 0.15) is 60.6 Å². The number of amides is 1. The molecule has 1 heterocycles. The molecule has 1 fully saturated rings. The predicted molar refractivity (Wildman–Crippen MR) is 86.8 cm³/mol. The highest BCUT2D eigenvalue weighted by Gasteiger charge is 2.39. The topological polar surface area (TPSA) is 98.2 Å². The number of ketones is 1. The maximum atomic E-state index is 12.2. The van der Waals surface area contributed by atoms with E-state index in [0.717, 1.165) is 0 Å². The van der Waals surface area contributed by atoms with Gasteiger partial charge in [0.05, 0.1) is 16.1 Å². The summed E-state index contributed by atoms with van der Waals surface area (Å²) in [7, 11) is 0. The molecule has 0 unspecified atom stereocenters. The SMILES string of the molecule is CC(C)C(=O)c1sc(NC(C)(C)C2CC2)c(C(N)=O)c1N. The van der Waals surface area contributed by atoms with E-state index in [4.69, 9.17) is 11.5 Å². The van der Waals surface area contributed by atoms with Crippen molar-refractivity contribution < 1.29 is 9.59 Å². The summed E-state index contributed by atoms with van der Waals surface area (Å²) in [5.41, 5.74) is 11.8. The zero-order chi connectivity index (χ0) is 15.9. The van der Waals surface area contributed by atoms with Crippen molar-refractivity contribution in [2.75, 3.05) is 11.1 Å². The van der Waals surface area contributed by atoms with Gasteiger partial charge < -0.3 is 16.8 Å². The van der Waals surface area contributed by atoms with Crippen LogP contribution in [0.2, 0.25) is 0 Å². The number of thiophene rings is 1. The van der Waals surface area contributed by atoms with Crippen LogP contribution in [0.3, 0.4) is 0 Å². The molecule has 21 heavy (non-hydrogen) atoms. The average molecular weight is 309 g/mol. The number of nitrogen functional groups attached to an aromatic ring is 1. The fraction of sp³-hybridized carbons (Fsp3) is 0.600. The number of hydrogen-bond acceptors (Lipinski definition) is 5. The minimum absolute atomic E-state index is 0.0581. The van der Waals surface area contributed by atoms with Gasteiger partial charge in [-0.15, -0.1) is 11.3 Å². The summed E-state index contributed by atoms with van der Waals surface area (Å²) < 4.78 is 0. The van der Waals surface area contributed by atoms with E-state index < -0.39 is 5.91 Å². The van der Waals surface area contributed by atoms with Gasteiger partial charge in [-0.1, -0.05) is 13.8 Å². The van der Waals surface area contributed by atoms with Gasteiger partial charge in [0, 0.05) is 11.5 Å². The first-order valence-electron chi connectivity index (χ1n) is 7.19. The van der Waals surface area contributed by atoms with Gasteiger partial charge in [-0.25, -0.2) is 0 Å². The maximum absolute atomic E-state index is 12.2. The quantitative estimate of drug-likeness (QED) is 0.704. The van der Waals surface area contributed by atoms with E-state index in [2.05, 4.69) is 19.2 Å². The third-order valence-corrected chi connectivity index (χ3v) is 5.11. The van der Waals surface area contributed by atoms with Crippen molar-refractivity contribution in [2.45, 2.75) is 46.1 Å². The molecule has 1 aromatic rings. The first-order chi connectivity index (χ1) is 9.65. The lowest BCUT2D eigenvalue weighted by molar-refractivity contribution is 0.0944. The molecule has 0 spiro atoms. The summed E-state index contributed by atoms with van der Waals surface area (Å²) >= 11 is 1.24. The van der Waals surface area contributed by atoms with E-state index >= 15 is 0 Å². The second kappa shape index (κ2) is 5.33. The molecule has 0 atom stereocenters. The van der Waals surface area contributed by atoms with Gasteiger partial charge in [-0.3, -0.25) is 9.59 Å². The Morgan fingerprint density at radius 3 is 2.33 bits per heavy atom. The Labute approximate surface area is 129 Å². The van der Waals surface area contributed by atoms with Crippen molar-refractivity contribution in [3.05, 3.63) is 10.4 Å². The van der Waals surface area contributed by atoms with Crippen LogP contribution < -0.4 is 16.8 Å². The van der Waals surface area contributed by atoms with Crippen LogP contribution in [-0.4, -0.2) is 17.2 Å². The molecule has 1 saturated carbocycles. The second-order valence-electron chi connectivity index (χ2n) is 6.55. The fourth-order valence-electron chi connectivity index (χ4n) is 2.42. The molecule has 2 rings (SSSR count). The summed E-state index contributed by atoms with van der Waals surface area (Å²) in [6.07, 6.45) is 2.34. The van der Waals surface area contributed by atoms with Crippen molar-refractivity contribution in [1.82, 2.24) is 0 Å². The first kappa shape index (κ1) is 15.8. The van der Waals surface area contributed by atoms with E-state index in [1.165, 1.54) is 24.2 Å². The van der Waals surface area contributed by atoms with Gasteiger partial charge in [-0.2, -0.15) is 0 Å². The smallest absolute Gasteiger partial charge is 0.253 e. The molecule has 0 saturated heterocycles. The van der Waals surface area contributed by atoms with Crippen molar-refractivity contribution in [3.8, 4) is 0 Å². The number of nitrogens with two attached hydrogens (primary N) is 2. The highest BCUT2D eigenvalue weighted by Crippen LogP contribution is 2.44. The highest BCUT2D eigenvalue weighted by molar-refractivity contribution is 7.19. The number of rotatable bonds is 6. The van der Waals surface area contributed by atoms with E-state index in [1.54, 1.807) is 0 Å². The fourth-order valence-corrected chi connectivity index (χ4v) is 3.80. The van der Waals surface area contributed by atoms with Crippen LogP contribution in [0, 0.1) is 11.8 Å². The standard InChI is InChI=1S/C15H23N3O2S/c1-7(2)11(19)12-10(16)9(13(17)20)14(21-12)18-15(3,4)8-5-6-8/h7-8,18H,5-6,16H2,1-4H3,(H2,17,20). The number of primary amides is 1. The van der Waals surface area contributed by atoms with Crippen molar-refractivity contribution in [3.63, 3.8) is 0 Å². The van der Waals surface area contributed by atoms with Crippen LogP contribution in [0.5, 0.6) is 0 Å². The van der Waals surface area contributed by atoms with Crippen LogP contribution in [0.4, 0.5) is 10.7 Å². The molecule has 1 amide bonds. The number of anilines is 2. The van der Waals surface area contributed by atoms with Crippen LogP contribution >= 0.6 is 11.3 Å². The van der Waals surface area contributed by atoms with Crippen molar-refractivity contribution in [1.29, 1.82) is 0 Å². The first-order valence-corrected chi connectivity index (χ1v) is 8.01. The Morgan fingerprint density at radius 1 is 1.33 bits per heavy atom. The van der Waals surface area contributed by atoms with Crippen molar-refractivity contribution >= 4 is 33.7 Å². The summed E-state index contributed by atoms with van der Waals surface area (Å²) in [6, 6.07) is 0. The van der Waals surface area contributed by atoms with E-state index in [0.29, 0.717) is 15.8 Å². The summed E-state index contributed by atoms with van der Waals surface area (Å²) in [5, 5.41) is 3.98. The molecule has 0 radical (unpaired) electrons. The lowest BCUT2D eigenvalue weighted by atomic mass is 9.98. The number of Topliss-reactive ketones (excluding diaryl/α,β-unsaturated/α-hetero) is 1. The Morgan fingerprint density at radius 2 is 1.90 bits per heavy atom.